The van der Waals surface area contributed by atoms with Crippen LogP contribution in [0.25, 0.3) is 0 Å². The maximum absolute atomic E-state index is 12.5. The van der Waals surface area contributed by atoms with Gasteiger partial charge in [0.15, 0.2) is 5.82 Å². The van der Waals surface area contributed by atoms with Crippen molar-refractivity contribution in [3.8, 4) is 5.88 Å². The molecule has 1 heterocycles. The van der Waals surface area contributed by atoms with Crippen molar-refractivity contribution in [2.24, 2.45) is 0 Å². The topological polar surface area (TPSA) is 59.4 Å². The number of aromatic nitrogens is 1. The molecule has 12 heavy (non-hydrogen) atoms. The molecule has 1 aromatic heterocycles. The molecule has 0 aliphatic heterocycles. The van der Waals surface area contributed by atoms with Gasteiger partial charge in [-0.1, -0.05) is 0 Å². The SMILES string of the molecule is O=C(O)Oc1nc(F)ccc1F. The van der Waals surface area contributed by atoms with Gasteiger partial charge in [-0.05, 0) is 12.1 Å². The van der Waals surface area contributed by atoms with Gasteiger partial charge in [0, 0.05) is 0 Å². The van der Waals surface area contributed by atoms with Gasteiger partial charge >= 0.3 is 6.16 Å². The Morgan fingerprint density at radius 2 is 2.17 bits per heavy atom. The van der Waals surface area contributed by atoms with Gasteiger partial charge in [0.25, 0.3) is 5.88 Å². The second-order valence-corrected chi connectivity index (χ2v) is 1.79. The fourth-order valence-electron chi connectivity index (χ4n) is 0.555. The van der Waals surface area contributed by atoms with Gasteiger partial charge in [-0.2, -0.15) is 9.37 Å². The first-order valence-corrected chi connectivity index (χ1v) is 2.82. The zero-order valence-electron chi connectivity index (χ0n) is 5.62. The summed E-state index contributed by atoms with van der Waals surface area (Å²) in [5, 5.41) is 8.03. The number of carboxylic acid groups (broad SMARTS) is 1. The van der Waals surface area contributed by atoms with Gasteiger partial charge in [-0.15, -0.1) is 0 Å². The van der Waals surface area contributed by atoms with E-state index in [0.717, 1.165) is 12.1 Å². The van der Waals surface area contributed by atoms with Crippen LogP contribution < -0.4 is 4.74 Å². The molecule has 0 saturated heterocycles. The van der Waals surface area contributed by atoms with Crippen molar-refractivity contribution in [1.29, 1.82) is 0 Å². The van der Waals surface area contributed by atoms with E-state index < -0.39 is 23.8 Å². The highest BCUT2D eigenvalue weighted by Crippen LogP contribution is 2.13. The molecule has 0 saturated carbocycles. The van der Waals surface area contributed by atoms with E-state index in [1.54, 1.807) is 0 Å². The van der Waals surface area contributed by atoms with Crippen LogP contribution in [0.2, 0.25) is 0 Å². The highest BCUT2D eigenvalue weighted by Gasteiger charge is 2.10. The lowest BCUT2D eigenvalue weighted by Gasteiger charge is -1.98. The van der Waals surface area contributed by atoms with Crippen LogP contribution >= 0.6 is 0 Å². The molecule has 0 atom stereocenters. The van der Waals surface area contributed by atoms with Crippen LogP contribution in [-0.4, -0.2) is 16.2 Å². The Bertz CT molecular complexity index is 316. The van der Waals surface area contributed by atoms with Crippen LogP contribution in [0.3, 0.4) is 0 Å². The molecule has 1 aromatic rings. The Labute approximate surface area is 65.4 Å². The summed E-state index contributed by atoms with van der Waals surface area (Å²) in [5.41, 5.74) is 0. The van der Waals surface area contributed by atoms with Crippen LogP contribution in [0.1, 0.15) is 0 Å². The minimum atomic E-state index is -1.74. The smallest absolute Gasteiger partial charge is 0.449 e. The van der Waals surface area contributed by atoms with Crippen molar-refractivity contribution in [2.45, 2.75) is 0 Å². The van der Waals surface area contributed by atoms with E-state index in [2.05, 4.69) is 9.72 Å². The van der Waals surface area contributed by atoms with Crippen LogP contribution in [0.5, 0.6) is 5.88 Å². The lowest BCUT2D eigenvalue weighted by atomic mass is 10.4. The number of ether oxygens (including phenoxy) is 1. The molecule has 0 spiro atoms. The summed E-state index contributed by atoms with van der Waals surface area (Å²) in [5.74, 6) is -2.92. The third-order valence-corrected chi connectivity index (χ3v) is 0.964. The van der Waals surface area contributed by atoms with E-state index >= 15 is 0 Å². The summed E-state index contributed by atoms with van der Waals surface area (Å²) in [6.45, 7) is 0. The molecule has 0 aliphatic rings. The summed E-state index contributed by atoms with van der Waals surface area (Å²) in [7, 11) is 0. The number of rotatable bonds is 1. The summed E-state index contributed by atoms with van der Waals surface area (Å²) in [4.78, 5) is 12.7. The predicted molar refractivity (Wildman–Crippen MR) is 32.8 cm³/mol. The first-order chi connectivity index (χ1) is 5.59. The Balaban J connectivity index is 2.97. The van der Waals surface area contributed by atoms with Crippen LogP contribution in [0.15, 0.2) is 12.1 Å². The Kier molecular flexibility index (Phi) is 2.18. The first-order valence-electron chi connectivity index (χ1n) is 2.82. The molecule has 0 amide bonds. The van der Waals surface area contributed by atoms with Crippen molar-refractivity contribution in [3.63, 3.8) is 0 Å². The molecule has 0 fully saturated rings. The van der Waals surface area contributed by atoms with Gasteiger partial charge in [-0.25, -0.2) is 9.18 Å². The molecule has 1 N–H and O–H groups in total. The summed E-state index contributed by atoms with van der Waals surface area (Å²) in [6.07, 6.45) is -1.74. The molecule has 0 bridgehead atoms. The molecular weight excluding hydrogens is 172 g/mol. The van der Waals surface area contributed by atoms with E-state index in [1.165, 1.54) is 0 Å². The average molecular weight is 175 g/mol. The van der Waals surface area contributed by atoms with E-state index in [0.29, 0.717) is 0 Å². The fraction of sp³-hybridized carbons (Fsp3) is 0. The van der Waals surface area contributed by atoms with Gasteiger partial charge in [0.2, 0.25) is 5.95 Å². The molecule has 0 aliphatic carbocycles. The molecule has 6 heteroatoms. The zero-order valence-corrected chi connectivity index (χ0v) is 5.62. The standard InChI is InChI=1S/C6H3F2NO3/c7-3-1-2-4(8)9-5(3)12-6(10)11/h1-2H,(H,10,11). The molecular formula is C6H3F2NO3. The van der Waals surface area contributed by atoms with Gasteiger partial charge in [0.1, 0.15) is 0 Å². The van der Waals surface area contributed by atoms with Crippen molar-refractivity contribution >= 4 is 6.16 Å². The summed E-state index contributed by atoms with van der Waals surface area (Å²) < 4.78 is 28.6. The lowest BCUT2D eigenvalue weighted by Crippen LogP contribution is -2.06. The third kappa shape index (κ3) is 1.88. The number of carbonyl (C=O) groups is 1. The average Bonchev–Trinajstić information content (AvgIpc) is 1.96. The number of hydrogen-bond acceptors (Lipinski definition) is 3. The highest BCUT2D eigenvalue weighted by molar-refractivity contribution is 5.60. The van der Waals surface area contributed by atoms with Gasteiger partial charge < -0.3 is 9.84 Å². The number of nitrogens with zero attached hydrogens (tertiary/aromatic N) is 1. The normalized spacial score (nSPS) is 9.50. The number of halogens is 2. The minimum Gasteiger partial charge on any atom is -0.449 e. The van der Waals surface area contributed by atoms with Crippen molar-refractivity contribution in [1.82, 2.24) is 4.98 Å². The van der Waals surface area contributed by atoms with Gasteiger partial charge in [-0.3, -0.25) is 0 Å². The van der Waals surface area contributed by atoms with E-state index in [4.69, 9.17) is 5.11 Å². The number of pyridine rings is 1. The zero-order chi connectivity index (χ0) is 9.14. The second-order valence-electron chi connectivity index (χ2n) is 1.79. The van der Waals surface area contributed by atoms with Crippen molar-refractivity contribution in [3.05, 3.63) is 23.9 Å². The van der Waals surface area contributed by atoms with Gasteiger partial charge in [0.05, 0.1) is 0 Å². The number of hydrogen-bond donors (Lipinski definition) is 1. The summed E-state index contributed by atoms with van der Waals surface area (Å²) >= 11 is 0. The monoisotopic (exact) mass is 175 g/mol. The summed E-state index contributed by atoms with van der Waals surface area (Å²) in [6, 6.07) is 1.48. The van der Waals surface area contributed by atoms with E-state index in [9.17, 15) is 13.6 Å². The maximum atomic E-state index is 12.5. The molecule has 0 aromatic carbocycles. The maximum Gasteiger partial charge on any atom is 0.512 e. The molecule has 4 nitrogen and oxygen atoms in total. The van der Waals surface area contributed by atoms with Crippen LogP contribution in [-0.2, 0) is 0 Å². The quantitative estimate of drug-likeness (QED) is 0.517. The van der Waals surface area contributed by atoms with E-state index in [-0.39, 0.29) is 0 Å². The molecule has 64 valence electrons. The Morgan fingerprint density at radius 1 is 1.50 bits per heavy atom. The van der Waals surface area contributed by atoms with Crippen molar-refractivity contribution in [2.75, 3.05) is 0 Å². The minimum absolute atomic E-state index is 0.723. The highest BCUT2D eigenvalue weighted by atomic mass is 19.1. The van der Waals surface area contributed by atoms with E-state index in [1.807, 2.05) is 0 Å². The Hall–Kier alpha value is -1.72. The van der Waals surface area contributed by atoms with Crippen molar-refractivity contribution < 1.29 is 23.4 Å². The molecule has 0 unspecified atom stereocenters. The fourth-order valence-corrected chi connectivity index (χ4v) is 0.555. The predicted octanol–water partition coefficient (Wildman–Crippen LogP) is 1.42. The first kappa shape index (κ1) is 8.38. The molecule has 1 rings (SSSR count). The third-order valence-electron chi connectivity index (χ3n) is 0.964. The van der Waals surface area contributed by atoms with Crippen LogP contribution in [0, 0.1) is 11.8 Å². The lowest BCUT2D eigenvalue weighted by molar-refractivity contribution is 0.140. The van der Waals surface area contributed by atoms with Crippen LogP contribution in [0.4, 0.5) is 13.6 Å². The Morgan fingerprint density at radius 3 is 2.75 bits per heavy atom. The molecule has 0 radical (unpaired) electrons. The second kappa shape index (κ2) is 3.12. The largest absolute Gasteiger partial charge is 0.512 e.